The van der Waals surface area contributed by atoms with Gasteiger partial charge in [0.05, 0.1) is 17.6 Å². The number of fused-ring (bicyclic) bond motifs is 7. The lowest BCUT2D eigenvalue weighted by Crippen LogP contribution is -2.42. The summed E-state index contributed by atoms with van der Waals surface area (Å²) >= 11 is 3.43. The predicted molar refractivity (Wildman–Crippen MR) is 125 cm³/mol. The van der Waals surface area contributed by atoms with Crippen LogP contribution >= 0.6 is 15.9 Å². The van der Waals surface area contributed by atoms with Crippen LogP contribution in [0.4, 0.5) is 11.4 Å². The Kier molecular flexibility index (Phi) is 4.15. The second kappa shape index (κ2) is 6.92. The number of imide groups is 1. The molecule has 4 nitrogen and oxygen atoms in total. The molecule has 1 saturated heterocycles. The van der Waals surface area contributed by atoms with E-state index in [4.69, 9.17) is 0 Å². The van der Waals surface area contributed by atoms with Crippen LogP contribution in [-0.2, 0) is 16.0 Å². The molecule has 5 heteroatoms. The third-order valence-corrected chi connectivity index (χ3v) is 7.09. The average molecular weight is 471 g/mol. The molecule has 0 aromatic heterocycles. The summed E-state index contributed by atoms with van der Waals surface area (Å²) in [5, 5.41) is 0. The normalized spacial score (nSPS) is 21.6. The van der Waals surface area contributed by atoms with Crippen molar-refractivity contribution < 1.29 is 9.59 Å². The minimum absolute atomic E-state index is 0.155. The summed E-state index contributed by atoms with van der Waals surface area (Å²) in [6, 6.07) is 23.6. The SMILES string of the molecule is O=C1C2=Cc3ccccc3N3CCc4ccccc4C3C2C(=O)N1c1ccc(Br)cc1. The molecule has 6 rings (SSSR count). The number of rotatable bonds is 1. The van der Waals surface area contributed by atoms with Crippen molar-refractivity contribution in [3.8, 4) is 0 Å². The number of hydrogen-bond acceptors (Lipinski definition) is 3. The molecule has 0 bridgehead atoms. The van der Waals surface area contributed by atoms with E-state index >= 15 is 0 Å². The quantitative estimate of drug-likeness (QED) is 0.462. The van der Waals surface area contributed by atoms with Crippen LogP contribution in [0.5, 0.6) is 0 Å². The fourth-order valence-electron chi connectivity index (χ4n) is 5.19. The molecular formula is C26H19BrN2O2. The zero-order valence-corrected chi connectivity index (χ0v) is 18.2. The molecule has 2 unspecified atom stereocenters. The topological polar surface area (TPSA) is 40.6 Å². The van der Waals surface area contributed by atoms with Crippen molar-refractivity contribution in [1.82, 2.24) is 0 Å². The maximum atomic E-state index is 13.8. The number of anilines is 2. The maximum absolute atomic E-state index is 13.8. The lowest BCUT2D eigenvalue weighted by molar-refractivity contribution is -0.122. The first-order valence-corrected chi connectivity index (χ1v) is 11.2. The van der Waals surface area contributed by atoms with Crippen molar-refractivity contribution in [2.75, 3.05) is 16.3 Å². The standard InChI is InChI=1S/C26H19BrN2O2/c27-18-9-11-19(12-10-18)29-25(30)21-15-17-6-2-4-8-22(17)28-14-13-16-5-1-3-7-20(16)24(28)23(21)26(29)31/h1-12,15,23-24H,13-14H2. The van der Waals surface area contributed by atoms with E-state index in [1.54, 1.807) is 0 Å². The molecule has 3 aromatic carbocycles. The lowest BCUT2D eigenvalue weighted by Gasteiger charge is -2.41. The van der Waals surface area contributed by atoms with Crippen LogP contribution in [0.25, 0.3) is 6.08 Å². The monoisotopic (exact) mass is 470 g/mol. The van der Waals surface area contributed by atoms with Crippen LogP contribution < -0.4 is 9.80 Å². The number of nitrogens with zero attached hydrogens (tertiary/aromatic N) is 2. The lowest BCUT2D eigenvalue weighted by atomic mass is 9.82. The molecule has 3 aliphatic heterocycles. The summed E-state index contributed by atoms with van der Waals surface area (Å²) in [6.45, 7) is 0.816. The number of benzene rings is 3. The van der Waals surface area contributed by atoms with E-state index in [2.05, 4.69) is 39.0 Å². The highest BCUT2D eigenvalue weighted by Gasteiger charge is 2.52. The predicted octanol–water partition coefficient (Wildman–Crippen LogP) is 5.14. The van der Waals surface area contributed by atoms with E-state index in [1.807, 2.05) is 60.7 Å². The van der Waals surface area contributed by atoms with Gasteiger partial charge < -0.3 is 4.90 Å². The molecule has 2 amide bonds. The number of para-hydroxylation sites is 1. The molecule has 0 N–H and O–H groups in total. The van der Waals surface area contributed by atoms with Gasteiger partial charge in [-0.1, -0.05) is 58.4 Å². The summed E-state index contributed by atoms with van der Waals surface area (Å²) < 4.78 is 0.907. The Hall–Kier alpha value is -3.18. The van der Waals surface area contributed by atoms with Gasteiger partial charge in [0.1, 0.15) is 0 Å². The van der Waals surface area contributed by atoms with Crippen LogP contribution in [0.2, 0.25) is 0 Å². The van der Waals surface area contributed by atoms with Gasteiger partial charge in [0, 0.05) is 22.3 Å². The third kappa shape index (κ3) is 2.73. The van der Waals surface area contributed by atoms with Gasteiger partial charge >= 0.3 is 0 Å². The summed E-state index contributed by atoms with van der Waals surface area (Å²) in [6.07, 6.45) is 2.85. The van der Waals surface area contributed by atoms with Crippen molar-refractivity contribution in [3.63, 3.8) is 0 Å². The third-order valence-electron chi connectivity index (χ3n) is 6.56. The number of amides is 2. The molecule has 0 aliphatic carbocycles. The largest absolute Gasteiger partial charge is 0.363 e. The fraction of sp³-hybridized carbons (Fsp3) is 0.154. The molecule has 3 aromatic rings. The number of halogens is 1. The van der Waals surface area contributed by atoms with Gasteiger partial charge in [-0.25, -0.2) is 4.90 Å². The summed E-state index contributed by atoms with van der Waals surface area (Å²) in [5.41, 5.74) is 5.65. The first-order valence-electron chi connectivity index (χ1n) is 10.4. The first-order chi connectivity index (χ1) is 15.1. The van der Waals surface area contributed by atoms with Crippen molar-refractivity contribution in [3.05, 3.63) is 99.5 Å². The molecule has 1 fully saturated rings. The van der Waals surface area contributed by atoms with E-state index in [0.717, 1.165) is 34.3 Å². The molecule has 3 aliphatic rings. The molecule has 0 radical (unpaired) electrons. The van der Waals surface area contributed by atoms with Gasteiger partial charge in [-0.15, -0.1) is 0 Å². The van der Waals surface area contributed by atoms with Crippen LogP contribution in [0, 0.1) is 5.92 Å². The molecular weight excluding hydrogens is 452 g/mol. The molecule has 2 atom stereocenters. The molecule has 0 spiro atoms. The second-order valence-corrected chi connectivity index (χ2v) is 9.09. The maximum Gasteiger partial charge on any atom is 0.261 e. The van der Waals surface area contributed by atoms with Gasteiger partial charge in [0.15, 0.2) is 0 Å². The molecule has 0 saturated carbocycles. The fourth-order valence-corrected chi connectivity index (χ4v) is 5.46. The zero-order chi connectivity index (χ0) is 21.1. The Morgan fingerprint density at radius 3 is 2.45 bits per heavy atom. The van der Waals surface area contributed by atoms with E-state index in [-0.39, 0.29) is 17.9 Å². The van der Waals surface area contributed by atoms with Gasteiger partial charge in [-0.3, -0.25) is 9.59 Å². The Morgan fingerprint density at radius 2 is 1.61 bits per heavy atom. The van der Waals surface area contributed by atoms with E-state index in [1.165, 1.54) is 10.5 Å². The summed E-state index contributed by atoms with van der Waals surface area (Å²) in [4.78, 5) is 31.1. The number of hydrogen-bond donors (Lipinski definition) is 0. The zero-order valence-electron chi connectivity index (χ0n) is 16.7. The van der Waals surface area contributed by atoms with Crippen LogP contribution in [0.15, 0.2) is 82.8 Å². The highest BCUT2D eigenvalue weighted by atomic mass is 79.9. The smallest absolute Gasteiger partial charge is 0.261 e. The van der Waals surface area contributed by atoms with E-state index < -0.39 is 5.92 Å². The van der Waals surface area contributed by atoms with Gasteiger partial charge in [-0.05, 0) is 59.5 Å². The van der Waals surface area contributed by atoms with Gasteiger partial charge in [0.2, 0.25) is 5.91 Å². The van der Waals surface area contributed by atoms with Crippen LogP contribution in [-0.4, -0.2) is 18.4 Å². The van der Waals surface area contributed by atoms with Crippen molar-refractivity contribution >= 4 is 45.2 Å². The van der Waals surface area contributed by atoms with Gasteiger partial charge in [0.25, 0.3) is 5.91 Å². The van der Waals surface area contributed by atoms with E-state index in [0.29, 0.717) is 11.3 Å². The highest BCUT2D eigenvalue weighted by molar-refractivity contribution is 9.10. The van der Waals surface area contributed by atoms with Crippen LogP contribution in [0.1, 0.15) is 22.7 Å². The van der Waals surface area contributed by atoms with Crippen molar-refractivity contribution in [1.29, 1.82) is 0 Å². The molecule has 31 heavy (non-hydrogen) atoms. The Morgan fingerprint density at radius 1 is 0.871 bits per heavy atom. The minimum Gasteiger partial charge on any atom is -0.363 e. The van der Waals surface area contributed by atoms with E-state index in [9.17, 15) is 9.59 Å². The first kappa shape index (κ1) is 18.6. The van der Waals surface area contributed by atoms with Crippen molar-refractivity contribution in [2.24, 2.45) is 5.92 Å². The Bertz CT molecular complexity index is 1260. The minimum atomic E-state index is -0.537. The number of carbonyl (C=O) groups excluding carboxylic acids is 2. The summed E-state index contributed by atoms with van der Waals surface area (Å²) in [7, 11) is 0. The Labute approximate surface area is 188 Å². The highest BCUT2D eigenvalue weighted by Crippen LogP contribution is 2.49. The van der Waals surface area contributed by atoms with Crippen LogP contribution in [0.3, 0.4) is 0 Å². The second-order valence-electron chi connectivity index (χ2n) is 8.18. The van der Waals surface area contributed by atoms with Crippen molar-refractivity contribution in [2.45, 2.75) is 12.5 Å². The Balaban J connectivity index is 1.58. The molecule has 152 valence electrons. The molecule has 3 heterocycles. The number of carbonyl (C=O) groups is 2. The van der Waals surface area contributed by atoms with Gasteiger partial charge in [-0.2, -0.15) is 0 Å². The average Bonchev–Trinajstić information content (AvgIpc) is 2.94. The summed E-state index contributed by atoms with van der Waals surface area (Å²) in [5.74, 6) is -0.917.